The van der Waals surface area contributed by atoms with E-state index in [0.717, 1.165) is 18.4 Å². The Morgan fingerprint density at radius 2 is 2.16 bits per heavy atom. The molecule has 4 rings (SSSR count). The normalized spacial score (nSPS) is 17.4. The fraction of sp³-hybridized carbons (Fsp3) is 0.316. The van der Waals surface area contributed by atoms with Crippen molar-refractivity contribution in [1.29, 1.82) is 0 Å². The van der Waals surface area contributed by atoms with Crippen molar-refractivity contribution in [1.82, 2.24) is 19.7 Å². The summed E-state index contributed by atoms with van der Waals surface area (Å²) in [5.41, 5.74) is 2.85. The van der Waals surface area contributed by atoms with Crippen molar-refractivity contribution in [2.75, 3.05) is 6.54 Å². The third-order valence-corrected chi connectivity index (χ3v) is 4.75. The van der Waals surface area contributed by atoms with Gasteiger partial charge in [-0.25, -0.2) is 4.39 Å². The quantitative estimate of drug-likeness (QED) is 0.720. The monoisotopic (exact) mass is 338 g/mol. The fourth-order valence-corrected chi connectivity index (χ4v) is 3.63. The molecule has 0 N–H and O–H groups in total. The minimum absolute atomic E-state index is 0.0326. The van der Waals surface area contributed by atoms with Crippen molar-refractivity contribution < 1.29 is 9.18 Å². The van der Waals surface area contributed by atoms with Crippen LogP contribution >= 0.6 is 0 Å². The predicted molar refractivity (Wildman–Crippen MR) is 92.7 cm³/mol. The van der Waals surface area contributed by atoms with Gasteiger partial charge in [0.25, 0.3) is 5.91 Å². The fourth-order valence-electron chi connectivity index (χ4n) is 3.63. The predicted octanol–water partition coefficient (Wildman–Crippen LogP) is 3.39. The molecule has 1 atom stereocenters. The average Bonchev–Trinajstić information content (AvgIpc) is 3.21. The Balaban J connectivity index is 1.76. The van der Waals surface area contributed by atoms with E-state index in [1.807, 2.05) is 31.3 Å². The maximum Gasteiger partial charge on any atom is 0.255 e. The van der Waals surface area contributed by atoms with Crippen molar-refractivity contribution in [2.24, 2.45) is 7.05 Å². The van der Waals surface area contributed by atoms with E-state index < -0.39 is 0 Å². The van der Waals surface area contributed by atoms with E-state index in [2.05, 4.69) is 10.1 Å². The number of pyridine rings is 1. The maximum atomic E-state index is 13.5. The summed E-state index contributed by atoms with van der Waals surface area (Å²) in [6.07, 6.45) is 5.67. The van der Waals surface area contributed by atoms with Crippen LogP contribution < -0.4 is 0 Å². The molecule has 0 saturated carbocycles. The van der Waals surface area contributed by atoms with E-state index in [1.54, 1.807) is 16.8 Å². The Morgan fingerprint density at radius 3 is 2.92 bits per heavy atom. The molecule has 3 aromatic rings. The number of benzene rings is 1. The standard InChI is InChI=1S/C19H19FN4O/c1-12-8-16(15-6-5-14(20)9-17(15)22-12)19(25)24-7-3-4-18(24)13-10-21-23(2)11-13/h5-6,8-11,18H,3-4,7H2,1-2H3/t18-/m1/s1. The first-order valence-electron chi connectivity index (χ1n) is 8.39. The lowest BCUT2D eigenvalue weighted by Gasteiger charge is -2.24. The number of carbonyl (C=O) groups excluding carboxylic acids is 1. The van der Waals surface area contributed by atoms with Crippen LogP contribution in [-0.2, 0) is 7.05 Å². The lowest BCUT2D eigenvalue weighted by atomic mass is 10.0. The molecule has 0 radical (unpaired) electrons. The number of carbonyl (C=O) groups is 1. The average molecular weight is 338 g/mol. The van der Waals surface area contributed by atoms with Crippen LogP contribution in [0.5, 0.6) is 0 Å². The SMILES string of the molecule is Cc1cc(C(=O)N2CCC[C@@H]2c2cnn(C)c2)c2ccc(F)cc2n1. The molecule has 1 aromatic carbocycles. The summed E-state index contributed by atoms with van der Waals surface area (Å²) in [6, 6.07) is 6.21. The van der Waals surface area contributed by atoms with E-state index in [-0.39, 0.29) is 17.8 Å². The molecule has 0 aliphatic carbocycles. The molecule has 0 spiro atoms. The summed E-state index contributed by atoms with van der Waals surface area (Å²) in [7, 11) is 1.87. The maximum absolute atomic E-state index is 13.5. The van der Waals surface area contributed by atoms with Crippen LogP contribution in [0.1, 0.15) is 40.5 Å². The molecule has 3 heterocycles. The third-order valence-electron chi connectivity index (χ3n) is 4.75. The second kappa shape index (κ2) is 5.95. The Morgan fingerprint density at radius 1 is 1.32 bits per heavy atom. The Bertz CT molecular complexity index is 960. The van der Waals surface area contributed by atoms with Crippen LogP contribution in [0.3, 0.4) is 0 Å². The van der Waals surface area contributed by atoms with Gasteiger partial charge in [0.2, 0.25) is 0 Å². The largest absolute Gasteiger partial charge is 0.331 e. The molecule has 25 heavy (non-hydrogen) atoms. The molecule has 1 aliphatic rings. The van der Waals surface area contributed by atoms with Gasteiger partial charge in [-0.2, -0.15) is 5.10 Å². The number of aryl methyl sites for hydroxylation is 2. The Hall–Kier alpha value is -2.76. The molecule has 0 bridgehead atoms. The van der Waals surface area contributed by atoms with E-state index in [9.17, 15) is 9.18 Å². The molecular formula is C19H19FN4O. The van der Waals surface area contributed by atoms with Gasteiger partial charge in [0.1, 0.15) is 5.82 Å². The second-order valence-corrected chi connectivity index (χ2v) is 6.58. The lowest BCUT2D eigenvalue weighted by molar-refractivity contribution is 0.0737. The van der Waals surface area contributed by atoms with Crippen molar-refractivity contribution >= 4 is 16.8 Å². The summed E-state index contributed by atoms with van der Waals surface area (Å²) in [5.74, 6) is -0.383. The Kier molecular flexibility index (Phi) is 3.75. The zero-order valence-electron chi connectivity index (χ0n) is 14.2. The summed E-state index contributed by atoms with van der Waals surface area (Å²) in [5, 5.41) is 4.92. The highest BCUT2D eigenvalue weighted by Gasteiger charge is 2.32. The minimum atomic E-state index is -0.349. The number of likely N-dealkylation sites (tertiary alicyclic amines) is 1. The van der Waals surface area contributed by atoms with Gasteiger partial charge in [-0.3, -0.25) is 14.5 Å². The number of fused-ring (bicyclic) bond motifs is 1. The first-order valence-corrected chi connectivity index (χ1v) is 8.39. The molecular weight excluding hydrogens is 319 g/mol. The number of nitrogens with zero attached hydrogens (tertiary/aromatic N) is 4. The zero-order chi connectivity index (χ0) is 17.6. The number of rotatable bonds is 2. The number of hydrogen-bond acceptors (Lipinski definition) is 3. The summed E-state index contributed by atoms with van der Waals surface area (Å²) < 4.78 is 15.3. The van der Waals surface area contributed by atoms with Crippen molar-refractivity contribution in [3.05, 3.63) is 59.3 Å². The molecule has 5 nitrogen and oxygen atoms in total. The molecule has 1 fully saturated rings. The first kappa shape index (κ1) is 15.7. The van der Waals surface area contributed by atoms with Gasteiger partial charge in [0.15, 0.2) is 0 Å². The molecule has 2 aromatic heterocycles. The number of halogens is 1. The molecule has 6 heteroatoms. The van der Waals surface area contributed by atoms with Gasteiger partial charge in [0.05, 0.1) is 23.3 Å². The number of aromatic nitrogens is 3. The summed E-state index contributed by atoms with van der Waals surface area (Å²) in [6.45, 7) is 2.53. The van der Waals surface area contributed by atoms with E-state index >= 15 is 0 Å². The third kappa shape index (κ3) is 2.77. The van der Waals surface area contributed by atoms with Crippen molar-refractivity contribution in [3.63, 3.8) is 0 Å². The van der Waals surface area contributed by atoms with E-state index in [0.29, 0.717) is 28.7 Å². The molecule has 1 aliphatic heterocycles. The van der Waals surface area contributed by atoms with Gasteiger partial charge in [-0.05, 0) is 38.0 Å². The number of amides is 1. The summed E-state index contributed by atoms with van der Waals surface area (Å²) >= 11 is 0. The van der Waals surface area contributed by atoms with Crippen LogP contribution in [0.25, 0.3) is 10.9 Å². The van der Waals surface area contributed by atoms with Gasteiger partial charge in [-0.1, -0.05) is 0 Å². The smallest absolute Gasteiger partial charge is 0.255 e. The minimum Gasteiger partial charge on any atom is -0.331 e. The summed E-state index contributed by atoms with van der Waals surface area (Å²) in [4.78, 5) is 19.5. The van der Waals surface area contributed by atoms with Gasteiger partial charge >= 0.3 is 0 Å². The van der Waals surface area contributed by atoms with Crippen molar-refractivity contribution in [2.45, 2.75) is 25.8 Å². The lowest BCUT2D eigenvalue weighted by Crippen LogP contribution is -2.30. The van der Waals surface area contributed by atoms with Crippen molar-refractivity contribution in [3.8, 4) is 0 Å². The van der Waals surface area contributed by atoms with E-state index in [1.165, 1.54) is 12.1 Å². The van der Waals surface area contributed by atoms with Crippen LogP contribution in [0.4, 0.5) is 4.39 Å². The van der Waals surface area contributed by atoms with Gasteiger partial charge in [-0.15, -0.1) is 0 Å². The van der Waals surface area contributed by atoms with Crippen LogP contribution in [-0.4, -0.2) is 32.1 Å². The molecule has 128 valence electrons. The van der Waals surface area contributed by atoms with Crippen LogP contribution in [0, 0.1) is 12.7 Å². The highest BCUT2D eigenvalue weighted by molar-refractivity contribution is 6.06. The van der Waals surface area contributed by atoms with Gasteiger partial charge < -0.3 is 4.90 Å². The van der Waals surface area contributed by atoms with Crippen LogP contribution in [0.15, 0.2) is 36.7 Å². The highest BCUT2D eigenvalue weighted by atomic mass is 19.1. The first-order chi connectivity index (χ1) is 12.0. The zero-order valence-corrected chi connectivity index (χ0v) is 14.2. The molecule has 1 amide bonds. The molecule has 0 unspecified atom stereocenters. The number of hydrogen-bond donors (Lipinski definition) is 0. The van der Waals surface area contributed by atoms with E-state index in [4.69, 9.17) is 0 Å². The second-order valence-electron chi connectivity index (χ2n) is 6.58. The Labute approximate surface area is 145 Å². The molecule has 1 saturated heterocycles. The van der Waals surface area contributed by atoms with Crippen LogP contribution in [0.2, 0.25) is 0 Å². The highest BCUT2D eigenvalue weighted by Crippen LogP contribution is 2.34. The van der Waals surface area contributed by atoms with Gasteiger partial charge in [0, 0.05) is 42.5 Å². The topological polar surface area (TPSA) is 51.0 Å².